The van der Waals surface area contributed by atoms with Crippen molar-refractivity contribution in [3.05, 3.63) is 35.9 Å². The summed E-state index contributed by atoms with van der Waals surface area (Å²) in [5.41, 5.74) is 0.464. The molecule has 0 spiro atoms. The molecule has 6 nitrogen and oxygen atoms in total. The number of rotatable bonds is 6. The van der Waals surface area contributed by atoms with E-state index in [-0.39, 0.29) is 24.5 Å². The zero-order valence-corrected chi connectivity index (χ0v) is 14.8. The highest BCUT2D eigenvalue weighted by Gasteiger charge is 2.24. The highest BCUT2D eigenvalue weighted by atomic mass is 16.5. The van der Waals surface area contributed by atoms with Crippen molar-refractivity contribution in [3.63, 3.8) is 0 Å². The molecule has 0 aliphatic heterocycles. The minimum atomic E-state index is -0.825. The van der Waals surface area contributed by atoms with E-state index in [0.29, 0.717) is 11.5 Å². The Labute approximate surface area is 148 Å². The molecule has 2 rings (SSSR count). The average molecular weight is 346 g/mol. The van der Waals surface area contributed by atoms with E-state index < -0.39 is 12.0 Å². The quantitative estimate of drug-likeness (QED) is 0.772. The Kier molecular flexibility index (Phi) is 6.98. The number of hydrogen-bond donors (Lipinski definition) is 2. The summed E-state index contributed by atoms with van der Waals surface area (Å²) in [5, 5.41) is 5.49. The van der Waals surface area contributed by atoms with E-state index in [4.69, 9.17) is 4.74 Å². The maximum Gasteiger partial charge on any atom is 0.328 e. The molecular weight excluding hydrogens is 320 g/mol. The number of amides is 2. The van der Waals surface area contributed by atoms with Crippen molar-refractivity contribution in [3.8, 4) is 0 Å². The summed E-state index contributed by atoms with van der Waals surface area (Å²) < 4.78 is 5.01. The Morgan fingerprint density at radius 2 is 1.84 bits per heavy atom. The third kappa shape index (κ3) is 5.89. The normalized spacial score (nSPS) is 21.0. The van der Waals surface area contributed by atoms with E-state index in [1.54, 1.807) is 30.3 Å². The van der Waals surface area contributed by atoms with Crippen LogP contribution in [0, 0.1) is 5.92 Å². The number of ether oxygens (including phenoxy) is 1. The smallest absolute Gasteiger partial charge is 0.328 e. The molecule has 1 aliphatic rings. The zero-order valence-electron chi connectivity index (χ0n) is 14.8. The van der Waals surface area contributed by atoms with Crippen LogP contribution in [0.25, 0.3) is 0 Å². The van der Waals surface area contributed by atoms with Crippen molar-refractivity contribution in [2.24, 2.45) is 5.92 Å². The van der Waals surface area contributed by atoms with Crippen LogP contribution in [0.5, 0.6) is 0 Å². The van der Waals surface area contributed by atoms with Crippen LogP contribution in [-0.2, 0) is 14.3 Å². The molecule has 2 amide bonds. The Balaban J connectivity index is 1.73. The summed E-state index contributed by atoms with van der Waals surface area (Å²) in [6.07, 6.45) is 4.37. The SMILES string of the molecule is C[C@H](NC(=O)c1ccccc1)C(=O)OCC(=O)N[C@H]1CCCC[C@@H]1C. The molecule has 1 fully saturated rings. The van der Waals surface area contributed by atoms with Gasteiger partial charge < -0.3 is 15.4 Å². The van der Waals surface area contributed by atoms with Gasteiger partial charge in [-0.05, 0) is 37.8 Å². The topological polar surface area (TPSA) is 84.5 Å². The molecule has 6 heteroatoms. The van der Waals surface area contributed by atoms with Crippen LogP contribution in [0.15, 0.2) is 30.3 Å². The second kappa shape index (κ2) is 9.20. The van der Waals surface area contributed by atoms with Gasteiger partial charge in [-0.15, -0.1) is 0 Å². The molecule has 136 valence electrons. The van der Waals surface area contributed by atoms with E-state index in [1.807, 2.05) is 0 Å². The standard InChI is InChI=1S/C19H26N2O4/c1-13-8-6-7-11-16(13)21-17(22)12-25-19(24)14(2)20-18(23)15-9-4-3-5-10-15/h3-5,9-10,13-14,16H,6-8,11-12H2,1-2H3,(H,20,23)(H,21,22)/t13-,14-,16-/m0/s1. The third-order valence-electron chi connectivity index (χ3n) is 4.54. The van der Waals surface area contributed by atoms with Gasteiger partial charge in [0.25, 0.3) is 11.8 Å². The van der Waals surface area contributed by atoms with Crippen LogP contribution >= 0.6 is 0 Å². The van der Waals surface area contributed by atoms with Crippen LogP contribution in [0.4, 0.5) is 0 Å². The summed E-state index contributed by atoms with van der Waals surface area (Å²) in [6, 6.07) is 7.94. The number of carbonyl (C=O) groups excluding carboxylic acids is 3. The second-order valence-electron chi connectivity index (χ2n) is 6.60. The van der Waals surface area contributed by atoms with E-state index in [1.165, 1.54) is 13.3 Å². The molecule has 2 N–H and O–H groups in total. The number of nitrogens with one attached hydrogen (secondary N) is 2. The maximum atomic E-state index is 12.0. The molecule has 0 unspecified atom stereocenters. The number of carbonyl (C=O) groups is 3. The monoisotopic (exact) mass is 346 g/mol. The first-order chi connectivity index (χ1) is 12.0. The first-order valence-corrected chi connectivity index (χ1v) is 8.79. The lowest BCUT2D eigenvalue weighted by atomic mass is 9.86. The molecular formula is C19H26N2O4. The van der Waals surface area contributed by atoms with Crippen LogP contribution < -0.4 is 10.6 Å². The van der Waals surface area contributed by atoms with E-state index >= 15 is 0 Å². The Morgan fingerprint density at radius 1 is 1.16 bits per heavy atom. The van der Waals surface area contributed by atoms with Crippen molar-refractivity contribution in [1.82, 2.24) is 10.6 Å². The zero-order chi connectivity index (χ0) is 18.2. The summed E-state index contributed by atoms with van der Waals surface area (Å²) in [5.74, 6) is -0.840. The third-order valence-corrected chi connectivity index (χ3v) is 4.54. The lowest BCUT2D eigenvalue weighted by molar-refractivity contribution is -0.150. The molecule has 1 aromatic carbocycles. The first kappa shape index (κ1) is 19.0. The van der Waals surface area contributed by atoms with Gasteiger partial charge in [0.2, 0.25) is 0 Å². The van der Waals surface area contributed by atoms with Crippen LogP contribution in [0.2, 0.25) is 0 Å². The van der Waals surface area contributed by atoms with Gasteiger partial charge in [-0.1, -0.05) is 38.0 Å². The number of benzene rings is 1. The van der Waals surface area contributed by atoms with Gasteiger partial charge >= 0.3 is 5.97 Å². The maximum absolute atomic E-state index is 12.0. The van der Waals surface area contributed by atoms with Gasteiger partial charge in [0.05, 0.1) is 0 Å². The van der Waals surface area contributed by atoms with Gasteiger partial charge in [0, 0.05) is 11.6 Å². The predicted octanol–water partition coefficient (Wildman–Crippen LogP) is 2.04. The molecule has 0 heterocycles. The van der Waals surface area contributed by atoms with Crippen molar-refractivity contribution < 1.29 is 19.1 Å². The van der Waals surface area contributed by atoms with Gasteiger partial charge in [-0.3, -0.25) is 9.59 Å². The highest BCUT2D eigenvalue weighted by Crippen LogP contribution is 2.23. The minimum Gasteiger partial charge on any atom is -0.454 e. The molecule has 3 atom stereocenters. The fourth-order valence-corrected chi connectivity index (χ4v) is 2.97. The van der Waals surface area contributed by atoms with Gasteiger partial charge in [-0.2, -0.15) is 0 Å². The highest BCUT2D eigenvalue weighted by molar-refractivity contribution is 5.96. The molecule has 0 aromatic heterocycles. The molecule has 0 bridgehead atoms. The fourth-order valence-electron chi connectivity index (χ4n) is 2.97. The molecule has 0 radical (unpaired) electrons. The van der Waals surface area contributed by atoms with Crippen LogP contribution in [0.3, 0.4) is 0 Å². The van der Waals surface area contributed by atoms with E-state index in [2.05, 4.69) is 17.6 Å². The molecule has 1 saturated carbocycles. The number of esters is 1. The number of hydrogen-bond acceptors (Lipinski definition) is 4. The van der Waals surface area contributed by atoms with E-state index in [0.717, 1.165) is 19.3 Å². The first-order valence-electron chi connectivity index (χ1n) is 8.79. The van der Waals surface area contributed by atoms with Crippen molar-refractivity contribution in [2.45, 2.75) is 51.6 Å². The molecule has 0 saturated heterocycles. The van der Waals surface area contributed by atoms with Gasteiger partial charge in [-0.25, -0.2) is 4.79 Å². The van der Waals surface area contributed by atoms with Crippen molar-refractivity contribution in [1.29, 1.82) is 0 Å². The minimum absolute atomic E-state index is 0.148. The van der Waals surface area contributed by atoms with Crippen molar-refractivity contribution >= 4 is 17.8 Å². The molecule has 1 aromatic rings. The fraction of sp³-hybridized carbons (Fsp3) is 0.526. The lowest BCUT2D eigenvalue weighted by Gasteiger charge is -2.29. The van der Waals surface area contributed by atoms with Gasteiger partial charge in [0.1, 0.15) is 6.04 Å². The lowest BCUT2D eigenvalue weighted by Crippen LogP contribution is -2.44. The van der Waals surface area contributed by atoms with Crippen molar-refractivity contribution in [2.75, 3.05) is 6.61 Å². The largest absolute Gasteiger partial charge is 0.454 e. The molecule has 25 heavy (non-hydrogen) atoms. The van der Waals surface area contributed by atoms with Crippen LogP contribution in [-0.4, -0.2) is 36.5 Å². The summed E-state index contributed by atoms with van der Waals surface area (Å²) in [7, 11) is 0. The summed E-state index contributed by atoms with van der Waals surface area (Å²) in [4.78, 5) is 35.9. The van der Waals surface area contributed by atoms with Crippen LogP contribution in [0.1, 0.15) is 49.9 Å². The summed E-state index contributed by atoms with van der Waals surface area (Å²) in [6.45, 7) is 3.33. The molecule has 1 aliphatic carbocycles. The second-order valence-corrected chi connectivity index (χ2v) is 6.60. The summed E-state index contributed by atoms with van der Waals surface area (Å²) >= 11 is 0. The van der Waals surface area contributed by atoms with E-state index in [9.17, 15) is 14.4 Å². The predicted molar refractivity (Wildman–Crippen MR) is 93.9 cm³/mol. The Bertz CT molecular complexity index is 603. The average Bonchev–Trinajstić information content (AvgIpc) is 2.62. The Hall–Kier alpha value is -2.37. The Morgan fingerprint density at radius 3 is 2.52 bits per heavy atom. The van der Waals surface area contributed by atoms with Gasteiger partial charge in [0.15, 0.2) is 6.61 Å².